The van der Waals surface area contributed by atoms with E-state index >= 15 is 0 Å². The van der Waals surface area contributed by atoms with Crippen LogP contribution in [0.2, 0.25) is 0 Å². The standard InChI is InChI=1S/C19H24N4O4/c1-11-6-13(27-23-11)7-12-9-26-10-17(12)20-19(25)16-8-15(21-22-16)14-4-2-3-5-18(14)24/h2-6,12,15-17,21-22,24H,7-10H2,1H3,(H,20,25)/t12-,15?,16?,17+/m1/s1. The number of carbonyl (C=O) groups is 1. The summed E-state index contributed by atoms with van der Waals surface area (Å²) in [7, 11) is 0. The molecule has 4 N–H and O–H groups in total. The molecule has 144 valence electrons. The first-order chi connectivity index (χ1) is 13.1. The topological polar surface area (TPSA) is 109 Å². The number of phenolic OH excluding ortho intramolecular Hbond substituents is 1. The van der Waals surface area contributed by atoms with Crippen molar-refractivity contribution in [2.45, 2.75) is 37.9 Å². The molecule has 27 heavy (non-hydrogen) atoms. The van der Waals surface area contributed by atoms with Crippen LogP contribution in [0.15, 0.2) is 34.9 Å². The van der Waals surface area contributed by atoms with Crippen LogP contribution >= 0.6 is 0 Å². The number of ether oxygens (including phenoxy) is 1. The van der Waals surface area contributed by atoms with Crippen molar-refractivity contribution in [2.24, 2.45) is 5.92 Å². The minimum atomic E-state index is -0.372. The number of phenols is 1. The Labute approximate surface area is 157 Å². The van der Waals surface area contributed by atoms with Gasteiger partial charge < -0.3 is 19.7 Å². The van der Waals surface area contributed by atoms with Crippen LogP contribution in [0.4, 0.5) is 0 Å². The number of rotatable bonds is 5. The average molecular weight is 372 g/mol. The SMILES string of the molecule is Cc1cc(C[C@@H]2COC[C@@H]2NC(=O)C2CC(c3ccccc3O)NN2)on1. The van der Waals surface area contributed by atoms with Crippen molar-refractivity contribution < 1.29 is 19.2 Å². The smallest absolute Gasteiger partial charge is 0.238 e. The predicted octanol–water partition coefficient (Wildman–Crippen LogP) is 0.970. The zero-order chi connectivity index (χ0) is 18.8. The van der Waals surface area contributed by atoms with Gasteiger partial charge in [0.1, 0.15) is 17.6 Å². The Balaban J connectivity index is 1.34. The Morgan fingerprint density at radius 3 is 2.96 bits per heavy atom. The Morgan fingerprint density at radius 2 is 2.19 bits per heavy atom. The number of benzene rings is 1. The number of carbonyl (C=O) groups excluding carboxylic acids is 1. The van der Waals surface area contributed by atoms with Crippen LogP contribution in [0.1, 0.15) is 29.5 Å². The molecule has 0 radical (unpaired) electrons. The van der Waals surface area contributed by atoms with E-state index in [4.69, 9.17) is 9.26 Å². The van der Waals surface area contributed by atoms with E-state index in [1.54, 1.807) is 12.1 Å². The Kier molecular flexibility index (Phi) is 5.11. The van der Waals surface area contributed by atoms with Crippen molar-refractivity contribution in [1.29, 1.82) is 0 Å². The molecule has 2 aliphatic heterocycles. The molecule has 2 unspecified atom stereocenters. The van der Waals surface area contributed by atoms with Crippen molar-refractivity contribution in [3.05, 3.63) is 47.3 Å². The summed E-state index contributed by atoms with van der Waals surface area (Å²) >= 11 is 0. The first-order valence-corrected chi connectivity index (χ1v) is 9.19. The van der Waals surface area contributed by atoms with E-state index < -0.39 is 0 Å². The van der Waals surface area contributed by atoms with Crippen molar-refractivity contribution >= 4 is 5.91 Å². The second-order valence-corrected chi connectivity index (χ2v) is 7.24. The molecule has 3 heterocycles. The van der Waals surface area contributed by atoms with Crippen LogP contribution in [0.5, 0.6) is 5.75 Å². The highest BCUT2D eigenvalue weighted by Gasteiger charge is 2.35. The lowest BCUT2D eigenvalue weighted by atomic mass is 9.97. The number of nitrogens with zero attached hydrogens (tertiary/aromatic N) is 1. The number of hydrazine groups is 1. The summed E-state index contributed by atoms with van der Waals surface area (Å²) in [5.41, 5.74) is 7.76. The molecule has 4 rings (SSSR count). The zero-order valence-electron chi connectivity index (χ0n) is 15.1. The number of hydrogen-bond acceptors (Lipinski definition) is 7. The van der Waals surface area contributed by atoms with Gasteiger partial charge in [0.25, 0.3) is 0 Å². The van der Waals surface area contributed by atoms with Crippen LogP contribution in [0.3, 0.4) is 0 Å². The Hall–Kier alpha value is -2.42. The van der Waals surface area contributed by atoms with E-state index in [0.717, 1.165) is 17.0 Å². The normalized spacial score (nSPS) is 27.7. The Bertz CT molecular complexity index is 809. The van der Waals surface area contributed by atoms with Gasteiger partial charge in [-0.3, -0.25) is 4.79 Å². The van der Waals surface area contributed by atoms with Crippen LogP contribution in [0.25, 0.3) is 0 Å². The third-order valence-corrected chi connectivity index (χ3v) is 5.20. The van der Waals surface area contributed by atoms with E-state index in [2.05, 4.69) is 21.3 Å². The summed E-state index contributed by atoms with van der Waals surface area (Å²) in [5, 5.41) is 17.0. The van der Waals surface area contributed by atoms with Crippen molar-refractivity contribution in [2.75, 3.05) is 13.2 Å². The highest BCUT2D eigenvalue weighted by Crippen LogP contribution is 2.29. The van der Waals surface area contributed by atoms with E-state index in [1.165, 1.54) is 0 Å². The summed E-state index contributed by atoms with van der Waals surface area (Å²) in [6.07, 6.45) is 1.24. The lowest BCUT2D eigenvalue weighted by Gasteiger charge is -2.20. The minimum absolute atomic E-state index is 0.0612. The van der Waals surface area contributed by atoms with E-state index in [0.29, 0.717) is 26.1 Å². The van der Waals surface area contributed by atoms with Gasteiger partial charge in [-0.05, 0) is 19.4 Å². The second-order valence-electron chi connectivity index (χ2n) is 7.24. The molecule has 1 amide bonds. The molecule has 0 saturated carbocycles. The van der Waals surface area contributed by atoms with Gasteiger partial charge in [-0.25, -0.2) is 10.9 Å². The largest absolute Gasteiger partial charge is 0.508 e. The quantitative estimate of drug-likeness (QED) is 0.619. The maximum Gasteiger partial charge on any atom is 0.238 e. The number of amides is 1. The van der Waals surface area contributed by atoms with Crippen molar-refractivity contribution in [3.63, 3.8) is 0 Å². The van der Waals surface area contributed by atoms with Gasteiger partial charge in [-0.2, -0.15) is 0 Å². The number of aromatic hydroxyl groups is 1. The van der Waals surface area contributed by atoms with Gasteiger partial charge >= 0.3 is 0 Å². The number of aryl methyl sites for hydroxylation is 1. The molecule has 2 aromatic rings. The molecule has 8 nitrogen and oxygen atoms in total. The van der Waals surface area contributed by atoms with Gasteiger partial charge in [0.05, 0.1) is 31.0 Å². The zero-order valence-corrected chi connectivity index (χ0v) is 15.1. The second kappa shape index (κ2) is 7.67. The van der Waals surface area contributed by atoms with Gasteiger partial charge in [-0.15, -0.1) is 0 Å². The van der Waals surface area contributed by atoms with Crippen molar-refractivity contribution in [1.82, 2.24) is 21.3 Å². The maximum absolute atomic E-state index is 12.7. The maximum atomic E-state index is 12.7. The van der Waals surface area contributed by atoms with Crippen molar-refractivity contribution in [3.8, 4) is 5.75 Å². The van der Waals surface area contributed by atoms with Gasteiger partial charge in [0, 0.05) is 24.0 Å². The molecule has 2 saturated heterocycles. The molecule has 1 aromatic heterocycles. The molecule has 2 fully saturated rings. The lowest BCUT2D eigenvalue weighted by Crippen LogP contribution is -2.49. The fourth-order valence-electron chi connectivity index (χ4n) is 3.73. The number of aromatic nitrogens is 1. The fraction of sp³-hybridized carbons (Fsp3) is 0.474. The monoisotopic (exact) mass is 372 g/mol. The molecule has 0 aliphatic carbocycles. The van der Waals surface area contributed by atoms with Crippen LogP contribution in [-0.2, 0) is 16.0 Å². The minimum Gasteiger partial charge on any atom is -0.508 e. The Morgan fingerprint density at radius 1 is 1.33 bits per heavy atom. The van der Waals surface area contributed by atoms with Gasteiger partial charge in [0.15, 0.2) is 0 Å². The lowest BCUT2D eigenvalue weighted by molar-refractivity contribution is -0.123. The number of para-hydroxylation sites is 1. The summed E-state index contributed by atoms with van der Waals surface area (Å²) < 4.78 is 10.9. The van der Waals surface area contributed by atoms with Crippen LogP contribution in [0, 0.1) is 12.8 Å². The molecule has 4 atom stereocenters. The summed E-state index contributed by atoms with van der Waals surface area (Å²) in [6.45, 7) is 2.96. The summed E-state index contributed by atoms with van der Waals surface area (Å²) in [5.74, 6) is 1.12. The van der Waals surface area contributed by atoms with Crippen LogP contribution < -0.4 is 16.2 Å². The summed E-state index contributed by atoms with van der Waals surface area (Å²) in [6, 6.07) is 8.52. The van der Waals surface area contributed by atoms with E-state index in [9.17, 15) is 9.90 Å². The summed E-state index contributed by atoms with van der Waals surface area (Å²) in [4.78, 5) is 12.7. The fourth-order valence-corrected chi connectivity index (χ4v) is 3.73. The molecule has 8 heteroatoms. The predicted molar refractivity (Wildman–Crippen MR) is 96.7 cm³/mol. The van der Waals surface area contributed by atoms with Gasteiger partial charge in [0.2, 0.25) is 5.91 Å². The number of hydrogen-bond donors (Lipinski definition) is 4. The molecular weight excluding hydrogens is 348 g/mol. The third-order valence-electron chi connectivity index (χ3n) is 5.20. The van der Waals surface area contributed by atoms with Crippen LogP contribution in [-0.4, -0.2) is 41.5 Å². The molecule has 0 bridgehead atoms. The average Bonchev–Trinajstić information content (AvgIpc) is 3.38. The van der Waals surface area contributed by atoms with E-state index in [-0.39, 0.29) is 35.7 Å². The highest BCUT2D eigenvalue weighted by molar-refractivity contribution is 5.82. The molecule has 2 aliphatic rings. The highest BCUT2D eigenvalue weighted by atomic mass is 16.5. The third kappa shape index (κ3) is 3.97. The molecule has 0 spiro atoms. The van der Waals surface area contributed by atoms with E-state index in [1.807, 2.05) is 25.1 Å². The first-order valence-electron chi connectivity index (χ1n) is 9.19. The molecular formula is C19H24N4O4. The van der Waals surface area contributed by atoms with Gasteiger partial charge in [-0.1, -0.05) is 23.4 Å². The molecule has 1 aromatic carbocycles. The number of nitrogens with one attached hydrogen (secondary N) is 3. The first kappa shape index (κ1) is 18.0.